The third kappa shape index (κ3) is 3.59. The quantitative estimate of drug-likeness (QED) is 0.588. The van der Waals surface area contributed by atoms with E-state index in [1.54, 1.807) is 0 Å². The van der Waals surface area contributed by atoms with Crippen molar-refractivity contribution < 1.29 is 0 Å². The number of fused-ring (bicyclic) bond motifs is 1. The molecule has 0 N–H and O–H groups in total. The smallest absolute Gasteiger partial charge is 0.0106 e. The molecule has 0 bridgehead atoms. The zero-order valence-corrected chi connectivity index (χ0v) is 12.0. The van der Waals surface area contributed by atoms with Crippen LogP contribution < -0.4 is 0 Å². The van der Waals surface area contributed by atoms with E-state index in [1.165, 1.54) is 10.8 Å². The highest BCUT2D eigenvalue weighted by molar-refractivity contribution is 5.93. The average Bonchev–Trinajstić information content (AvgIpc) is 2.50. The molecule has 0 heterocycles. The average molecular weight is 240 g/mol. The van der Waals surface area contributed by atoms with Crippen molar-refractivity contribution in [2.24, 2.45) is 0 Å². The number of hydrogen-bond donors (Lipinski definition) is 0. The fraction of sp³-hybridized carbons (Fsp3) is 0.222. The van der Waals surface area contributed by atoms with E-state index >= 15 is 0 Å². The second-order valence-corrected chi connectivity index (χ2v) is 3.20. The SMILES string of the molecule is C=Cc1ccc2ccccc2c1C=C.CC.CC. The summed E-state index contributed by atoms with van der Waals surface area (Å²) >= 11 is 0. The van der Waals surface area contributed by atoms with Crippen LogP contribution >= 0.6 is 0 Å². The van der Waals surface area contributed by atoms with Crippen molar-refractivity contribution >= 4 is 22.9 Å². The Morgan fingerprint density at radius 1 is 0.778 bits per heavy atom. The van der Waals surface area contributed by atoms with Crippen molar-refractivity contribution in [1.29, 1.82) is 0 Å². The molecule has 0 aromatic heterocycles. The summed E-state index contributed by atoms with van der Waals surface area (Å²) < 4.78 is 0. The standard InChI is InChI=1S/C14H12.2C2H6/c1-3-11-9-10-12-7-5-6-8-14(12)13(11)4-2;2*1-2/h3-10H,1-2H2;2*1-2H3. The first-order chi connectivity index (χ1) is 8.86. The summed E-state index contributed by atoms with van der Waals surface area (Å²) in [7, 11) is 0. The van der Waals surface area contributed by atoms with Gasteiger partial charge in [0.25, 0.3) is 0 Å². The van der Waals surface area contributed by atoms with Crippen molar-refractivity contribution in [3.63, 3.8) is 0 Å². The molecule has 0 unspecified atom stereocenters. The molecule has 0 aliphatic carbocycles. The molecule has 0 nitrogen and oxygen atoms in total. The Balaban J connectivity index is 0.000000659. The van der Waals surface area contributed by atoms with Crippen molar-refractivity contribution in [3.05, 3.63) is 60.7 Å². The number of rotatable bonds is 2. The van der Waals surface area contributed by atoms with E-state index < -0.39 is 0 Å². The normalized spacial score (nSPS) is 8.44. The minimum atomic E-state index is 1.14. The van der Waals surface area contributed by atoms with Crippen molar-refractivity contribution in [2.75, 3.05) is 0 Å². The zero-order valence-electron chi connectivity index (χ0n) is 12.0. The van der Waals surface area contributed by atoms with Crippen LogP contribution in [0.25, 0.3) is 22.9 Å². The monoisotopic (exact) mass is 240 g/mol. The van der Waals surface area contributed by atoms with Crippen LogP contribution in [0.4, 0.5) is 0 Å². The highest BCUT2D eigenvalue weighted by Gasteiger charge is 2.00. The fourth-order valence-corrected chi connectivity index (χ4v) is 1.72. The zero-order chi connectivity index (χ0) is 14.0. The van der Waals surface area contributed by atoms with Gasteiger partial charge in [0.05, 0.1) is 0 Å². The van der Waals surface area contributed by atoms with E-state index in [1.807, 2.05) is 52.0 Å². The van der Waals surface area contributed by atoms with Gasteiger partial charge in [-0.3, -0.25) is 0 Å². The molecule has 0 amide bonds. The second kappa shape index (κ2) is 9.23. The molecular weight excluding hydrogens is 216 g/mol. The molecule has 0 fully saturated rings. The van der Waals surface area contributed by atoms with E-state index in [4.69, 9.17) is 0 Å². The molecule has 0 saturated heterocycles. The summed E-state index contributed by atoms with van der Waals surface area (Å²) in [6.45, 7) is 15.6. The number of benzene rings is 2. The molecule has 2 aromatic rings. The maximum atomic E-state index is 3.84. The topological polar surface area (TPSA) is 0 Å². The van der Waals surface area contributed by atoms with Gasteiger partial charge >= 0.3 is 0 Å². The Kier molecular flexibility index (Phi) is 8.30. The van der Waals surface area contributed by atoms with Crippen LogP contribution in [-0.2, 0) is 0 Å². The Morgan fingerprint density at radius 2 is 1.39 bits per heavy atom. The molecule has 2 rings (SSSR count). The third-order valence-electron chi connectivity index (χ3n) is 2.43. The first-order valence-corrected chi connectivity index (χ1v) is 6.63. The molecule has 0 radical (unpaired) electrons. The molecule has 96 valence electrons. The molecule has 18 heavy (non-hydrogen) atoms. The summed E-state index contributed by atoms with van der Waals surface area (Å²) in [6, 6.07) is 12.5. The largest absolute Gasteiger partial charge is 0.0984 e. The van der Waals surface area contributed by atoms with E-state index in [9.17, 15) is 0 Å². The van der Waals surface area contributed by atoms with Crippen LogP contribution in [0.2, 0.25) is 0 Å². The lowest BCUT2D eigenvalue weighted by molar-refractivity contribution is 1.50. The van der Waals surface area contributed by atoms with Gasteiger partial charge in [0.1, 0.15) is 0 Å². The van der Waals surface area contributed by atoms with Gasteiger partial charge in [-0.2, -0.15) is 0 Å². The molecule has 0 saturated carbocycles. The van der Waals surface area contributed by atoms with Gasteiger partial charge in [-0.15, -0.1) is 0 Å². The van der Waals surface area contributed by atoms with E-state index in [-0.39, 0.29) is 0 Å². The van der Waals surface area contributed by atoms with Crippen molar-refractivity contribution in [3.8, 4) is 0 Å². The minimum absolute atomic E-state index is 1.14. The van der Waals surface area contributed by atoms with E-state index in [0.29, 0.717) is 0 Å². The predicted octanol–water partition coefficient (Wildman–Crippen LogP) is 6.18. The Bertz CT molecular complexity index is 492. The first-order valence-electron chi connectivity index (χ1n) is 6.63. The highest BCUT2D eigenvalue weighted by Crippen LogP contribution is 2.23. The fourth-order valence-electron chi connectivity index (χ4n) is 1.72. The van der Waals surface area contributed by atoms with Gasteiger partial charge < -0.3 is 0 Å². The Morgan fingerprint density at radius 3 is 1.94 bits per heavy atom. The minimum Gasteiger partial charge on any atom is -0.0984 e. The lowest BCUT2D eigenvalue weighted by Crippen LogP contribution is -1.82. The van der Waals surface area contributed by atoms with Crippen LogP contribution in [0.3, 0.4) is 0 Å². The first kappa shape index (κ1) is 16.2. The van der Waals surface area contributed by atoms with Gasteiger partial charge in [0.15, 0.2) is 0 Å². The lowest BCUT2D eigenvalue weighted by Gasteiger charge is -2.05. The summed E-state index contributed by atoms with van der Waals surface area (Å²) in [5.41, 5.74) is 2.30. The van der Waals surface area contributed by atoms with Gasteiger partial charge in [0, 0.05) is 0 Å². The molecular formula is C18H24. The molecule has 0 aliphatic rings. The van der Waals surface area contributed by atoms with Crippen LogP contribution in [0.15, 0.2) is 49.6 Å². The van der Waals surface area contributed by atoms with E-state index in [2.05, 4.69) is 37.4 Å². The van der Waals surface area contributed by atoms with E-state index in [0.717, 1.165) is 11.1 Å². The predicted molar refractivity (Wildman–Crippen MR) is 86.8 cm³/mol. The summed E-state index contributed by atoms with van der Waals surface area (Å²) in [5.74, 6) is 0. The van der Waals surface area contributed by atoms with Crippen LogP contribution in [0.1, 0.15) is 38.8 Å². The van der Waals surface area contributed by atoms with Crippen LogP contribution in [0.5, 0.6) is 0 Å². The van der Waals surface area contributed by atoms with Crippen LogP contribution in [0, 0.1) is 0 Å². The van der Waals surface area contributed by atoms with Crippen molar-refractivity contribution in [1.82, 2.24) is 0 Å². The lowest BCUT2D eigenvalue weighted by atomic mass is 9.99. The summed E-state index contributed by atoms with van der Waals surface area (Å²) in [6.07, 6.45) is 3.75. The Hall–Kier alpha value is -1.82. The van der Waals surface area contributed by atoms with Gasteiger partial charge in [0.2, 0.25) is 0 Å². The van der Waals surface area contributed by atoms with Gasteiger partial charge in [-0.1, -0.05) is 89.4 Å². The van der Waals surface area contributed by atoms with Crippen molar-refractivity contribution in [2.45, 2.75) is 27.7 Å². The molecule has 0 spiro atoms. The van der Waals surface area contributed by atoms with Gasteiger partial charge in [-0.05, 0) is 21.9 Å². The maximum absolute atomic E-state index is 3.84. The molecule has 2 aromatic carbocycles. The maximum Gasteiger partial charge on any atom is -0.0106 e. The summed E-state index contributed by atoms with van der Waals surface area (Å²) in [4.78, 5) is 0. The third-order valence-corrected chi connectivity index (χ3v) is 2.43. The molecule has 0 aliphatic heterocycles. The number of hydrogen-bond acceptors (Lipinski definition) is 0. The van der Waals surface area contributed by atoms with Gasteiger partial charge in [-0.25, -0.2) is 0 Å². The highest BCUT2D eigenvalue weighted by atomic mass is 14.0. The second-order valence-electron chi connectivity index (χ2n) is 3.20. The van der Waals surface area contributed by atoms with Crippen LogP contribution in [-0.4, -0.2) is 0 Å². The summed E-state index contributed by atoms with van der Waals surface area (Å²) in [5, 5.41) is 2.48. The Labute approximate surface area is 112 Å². The molecule has 0 heteroatoms. The molecule has 0 atom stereocenters.